The molecule has 1 fully saturated rings. The Balaban J connectivity index is 1.49. The first-order valence-electron chi connectivity index (χ1n) is 9.92. The molecule has 0 atom stereocenters. The highest BCUT2D eigenvalue weighted by Gasteiger charge is 2.16. The van der Waals surface area contributed by atoms with Gasteiger partial charge in [0, 0.05) is 49.0 Å². The van der Waals surface area contributed by atoms with Crippen LogP contribution in [-0.2, 0) is 11.3 Å². The number of nitrogens with one attached hydrogen (secondary N) is 1. The monoisotopic (exact) mass is 407 g/mol. The topological polar surface area (TPSA) is 81.5 Å². The standard InChI is InChI=1S/C22H25N5O3/c1-29-18-6-5-17(14-19(18)30-2)25-21(28)15-27-12-9-24-22(27)16-7-8-23-20(13-16)26-10-3-4-11-26/h5-9,12-14H,3-4,10-11,15H2,1-2H3,(H,25,28). The number of ether oxygens (including phenoxy) is 2. The van der Waals surface area contributed by atoms with Gasteiger partial charge in [0.15, 0.2) is 11.5 Å². The highest BCUT2D eigenvalue weighted by molar-refractivity contribution is 5.91. The number of carbonyl (C=O) groups is 1. The predicted molar refractivity (Wildman–Crippen MR) is 115 cm³/mol. The minimum absolute atomic E-state index is 0.144. The van der Waals surface area contributed by atoms with Gasteiger partial charge in [-0.25, -0.2) is 9.97 Å². The predicted octanol–water partition coefficient (Wildman–Crippen LogP) is 3.20. The molecule has 3 heterocycles. The number of pyridine rings is 1. The first-order chi connectivity index (χ1) is 14.7. The summed E-state index contributed by atoms with van der Waals surface area (Å²) in [6.45, 7) is 2.20. The number of hydrogen-bond acceptors (Lipinski definition) is 6. The highest BCUT2D eigenvalue weighted by Crippen LogP contribution is 2.30. The van der Waals surface area contributed by atoms with Crippen molar-refractivity contribution in [2.45, 2.75) is 19.4 Å². The van der Waals surface area contributed by atoms with Gasteiger partial charge in [-0.2, -0.15) is 0 Å². The van der Waals surface area contributed by atoms with Crippen molar-refractivity contribution in [3.8, 4) is 22.9 Å². The molecule has 1 aliphatic heterocycles. The lowest BCUT2D eigenvalue weighted by molar-refractivity contribution is -0.116. The number of nitrogens with zero attached hydrogens (tertiary/aromatic N) is 4. The van der Waals surface area contributed by atoms with Gasteiger partial charge in [-0.15, -0.1) is 0 Å². The fourth-order valence-electron chi connectivity index (χ4n) is 3.64. The zero-order valence-electron chi connectivity index (χ0n) is 17.2. The van der Waals surface area contributed by atoms with Crippen LogP contribution >= 0.6 is 0 Å². The molecule has 0 saturated carbocycles. The Morgan fingerprint density at radius 1 is 1.03 bits per heavy atom. The minimum atomic E-state index is -0.157. The Morgan fingerprint density at radius 2 is 1.83 bits per heavy atom. The number of benzene rings is 1. The third kappa shape index (κ3) is 4.22. The summed E-state index contributed by atoms with van der Waals surface area (Å²) in [5, 5.41) is 2.90. The molecule has 2 aromatic heterocycles. The van der Waals surface area contributed by atoms with E-state index in [1.165, 1.54) is 12.8 Å². The molecule has 0 spiro atoms. The van der Waals surface area contributed by atoms with E-state index < -0.39 is 0 Å². The summed E-state index contributed by atoms with van der Waals surface area (Å²) in [7, 11) is 3.14. The lowest BCUT2D eigenvalue weighted by Gasteiger charge is -2.17. The highest BCUT2D eigenvalue weighted by atomic mass is 16.5. The number of amides is 1. The van der Waals surface area contributed by atoms with Gasteiger partial charge < -0.3 is 24.3 Å². The van der Waals surface area contributed by atoms with Crippen LogP contribution in [0.3, 0.4) is 0 Å². The van der Waals surface area contributed by atoms with Gasteiger partial charge in [0.05, 0.1) is 14.2 Å². The van der Waals surface area contributed by atoms with Gasteiger partial charge >= 0.3 is 0 Å². The third-order valence-electron chi connectivity index (χ3n) is 5.13. The Hall–Kier alpha value is -3.55. The van der Waals surface area contributed by atoms with Crippen LogP contribution in [0, 0.1) is 0 Å². The molecular formula is C22H25N5O3. The number of methoxy groups -OCH3 is 2. The lowest BCUT2D eigenvalue weighted by atomic mass is 10.2. The average Bonchev–Trinajstić information content (AvgIpc) is 3.46. The minimum Gasteiger partial charge on any atom is -0.493 e. The molecule has 3 aromatic rings. The van der Waals surface area contributed by atoms with E-state index in [4.69, 9.17) is 9.47 Å². The van der Waals surface area contributed by atoms with Gasteiger partial charge in [-0.1, -0.05) is 0 Å². The molecule has 156 valence electrons. The number of aromatic nitrogens is 3. The van der Waals surface area contributed by atoms with Gasteiger partial charge in [0.2, 0.25) is 5.91 Å². The summed E-state index contributed by atoms with van der Waals surface area (Å²) >= 11 is 0. The normalized spacial score (nSPS) is 13.3. The van der Waals surface area contributed by atoms with Crippen LogP contribution in [0.15, 0.2) is 48.9 Å². The number of carbonyl (C=O) groups excluding carboxylic acids is 1. The van der Waals surface area contributed by atoms with Crippen molar-refractivity contribution < 1.29 is 14.3 Å². The summed E-state index contributed by atoms with van der Waals surface area (Å²) in [6, 6.07) is 9.23. The Labute approximate surface area is 175 Å². The number of anilines is 2. The van der Waals surface area contributed by atoms with Gasteiger partial charge in [-0.05, 0) is 37.1 Å². The van der Waals surface area contributed by atoms with Crippen LogP contribution < -0.4 is 19.7 Å². The quantitative estimate of drug-likeness (QED) is 0.648. The summed E-state index contributed by atoms with van der Waals surface area (Å²) in [5.74, 6) is 2.70. The van der Waals surface area contributed by atoms with Crippen LogP contribution in [0.4, 0.5) is 11.5 Å². The van der Waals surface area contributed by atoms with Crippen molar-refractivity contribution >= 4 is 17.4 Å². The SMILES string of the molecule is COc1ccc(NC(=O)Cn2ccnc2-c2ccnc(N3CCCC3)c2)cc1OC. The van der Waals surface area contributed by atoms with Crippen molar-refractivity contribution in [1.29, 1.82) is 0 Å². The van der Waals surface area contributed by atoms with Crippen LogP contribution in [0.1, 0.15) is 12.8 Å². The smallest absolute Gasteiger partial charge is 0.244 e. The lowest BCUT2D eigenvalue weighted by Crippen LogP contribution is -2.20. The second-order valence-corrected chi connectivity index (χ2v) is 7.09. The summed E-state index contributed by atoms with van der Waals surface area (Å²) in [5.41, 5.74) is 1.58. The summed E-state index contributed by atoms with van der Waals surface area (Å²) in [4.78, 5) is 23.9. The van der Waals surface area contributed by atoms with Crippen LogP contribution in [0.5, 0.6) is 11.5 Å². The van der Waals surface area contributed by atoms with Crippen LogP contribution in [0.2, 0.25) is 0 Å². The fourth-order valence-corrected chi connectivity index (χ4v) is 3.64. The number of imidazole rings is 1. The average molecular weight is 407 g/mol. The molecule has 1 amide bonds. The van der Waals surface area contributed by atoms with E-state index in [1.807, 2.05) is 16.7 Å². The zero-order chi connectivity index (χ0) is 20.9. The van der Waals surface area contributed by atoms with E-state index in [9.17, 15) is 4.79 Å². The van der Waals surface area contributed by atoms with E-state index in [2.05, 4.69) is 20.2 Å². The number of rotatable bonds is 7. The molecule has 8 heteroatoms. The molecule has 8 nitrogen and oxygen atoms in total. The van der Waals surface area contributed by atoms with E-state index in [1.54, 1.807) is 51.0 Å². The molecule has 1 aliphatic rings. The van der Waals surface area contributed by atoms with Crippen molar-refractivity contribution in [2.75, 3.05) is 37.5 Å². The molecule has 1 N–H and O–H groups in total. The van der Waals surface area contributed by atoms with Crippen molar-refractivity contribution in [3.05, 3.63) is 48.9 Å². The van der Waals surface area contributed by atoms with Crippen LogP contribution in [-0.4, -0.2) is 47.8 Å². The molecule has 1 saturated heterocycles. The Morgan fingerprint density at radius 3 is 2.60 bits per heavy atom. The first-order valence-corrected chi connectivity index (χ1v) is 9.92. The second-order valence-electron chi connectivity index (χ2n) is 7.09. The van der Waals surface area contributed by atoms with Crippen LogP contribution in [0.25, 0.3) is 11.4 Å². The molecule has 0 unspecified atom stereocenters. The summed E-state index contributed by atoms with van der Waals surface area (Å²) in [6.07, 6.45) is 7.69. The van der Waals surface area contributed by atoms with E-state index in [0.29, 0.717) is 17.2 Å². The van der Waals surface area contributed by atoms with Gasteiger partial charge in [-0.3, -0.25) is 4.79 Å². The van der Waals surface area contributed by atoms with E-state index in [0.717, 1.165) is 30.3 Å². The molecule has 30 heavy (non-hydrogen) atoms. The zero-order valence-corrected chi connectivity index (χ0v) is 17.2. The maximum absolute atomic E-state index is 12.6. The van der Waals surface area contributed by atoms with Crippen molar-refractivity contribution in [3.63, 3.8) is 0 Å². The molecule has 4 rings (SSSR count). The Kier molecular flexibility index (Phi) is 5.83. The molecular weight excluding hydrogens is 382 g/mol. The van der Waals surface area contributed by atoms with Gasteiger partial charge in [0.1, 0.15) is 18.2 Å². The molecule has 1 aromatic carbocycles. The van der Waals surface area contributed by atoms with Crippen molar-refractivity contribution in [2.24, 2.45) is 0 Å². The molecule has 0 radical (unpaired) electrons. The van der Waals surface area contributed by atoms with Gasteiger partial charge in [0.25, 0.3) is 0 Å². The molecule has 0 aliphatic carbocycles. The second kappa shape index (κ2) is 8.86. The number of hydrogen-bond donors (Lipinski definition) is 1. The third-order valence-corrected chi connectivity index (χ3v) is 5.13. The first kappa shape index (κ1) is 19.8. The van der Waals surface area contributed by atoms with E-state index in [-0.39, 0.29) is 12.5 Å². The maximum Gasteiger partial charge on any atom is 0.244 e. The summed E-state index contributed by atoms with van der Waals surface area (Å²) < 4.78 is 12.4. The maximum atomic E-state index is 12.6. The largest absolute Gasteiger partial charge is 0.493 e. The fraction of sp³-hybridized carbons (Fsp3) is 0.318. The molecule has 0 bridgehead atoms. The van der Waals surface area contributed by atoms with Crippen molar-refractivity contribution in [1.82, 2.24) is 14.5 Å². The Bertz CT molecular complexity index is 1030. The van der Waals surface area contributed by atoms with E-state index >= 15 is 0 Å².